The highest BCUT2D eigenvalue weighted by molar-refractivity contribution is 6.32. The molecular formula is C9H9ClFNO3. The third-order valence-corrected chi connectivity index (χ3v) is 1.83. The molecule has 0 aromatic heterocycles. The monoisotopic (exact) mass is 233 g/mol. The lowest BCUT2D eigenvalue weighted by molar-refractivity contribution is 0.168. The molecule has 6 heteroatoms. The number of phenolic OH excluding ortho intramolecular Hbond substituents is 1. The quantitative estimate of drug-likeness (QED) is 0.773. The van der Waals surface area contributed by atoms with E-state index in [1.54, 1.807) is 6.92 Å². The molecule has 15 heavy (non-hydrogen) atoms. The number of benzene rings is 1. The van der Waals surface area contributed by atoms with Gasteiger partial charge in [-0.05, 0) is 13.0 Å². The minimum absolute atomic E-state index is 0.126. The summed E-state index contributed by atoms with van der Waals surface area (Å²) in [5.74, 6) is -1.06. The standard InChI is InChI=1S/C9H9ClFNO3/c1-2-15-9(14)12-7-4-5(11)3-6(10)8(7)13/h3-4,13H,2H2,1H3,(H,12,14). The first-order valence-electron chi connectivity index (χ1n) is 4.16. The molecule has 0 aliphatic rings. The van der Waals surface area contributed by atoms with Crippen LogP contribution in [0.15, 0.2) is 12.1 Å². The van der Waals surface area contributed by atoms with Crippen molar-refractivity contribution in [3.8, 4) is 5.75 Å². The first kappa shape index (κ1) is 11.6. The van der Waals surface area contributed by atoms with Crippen LogP contribution in [0.3, 0.4) is 0 Å². The molecule has 1 amide bonds. The minimum Gasteiger partial charge on any atom is -0.504 e. The number of carbonyl (C=O) groups is 1. The largest absolute Gasteiger partial charge is 0.504 e. The number of hydrogen-bond donors (Lipinski definition) is 2. The molecule has 0 fully saturated rings. The van der Waals surface area contributed by atoms with E-state index >= 15 is 0 Å². The van der Waals surface area contributed by atoms with Crippen molar-refractivity contribution < 1.29 is 19.0 Å². The topological polar surface area (TPSA) is 58.6 Å². The smallest absolute Gasteiger partial charge is 0.411 e. The molecule has 2 N–H and O–H groups in total. The molecule has 0 saturated heterocycles. The number of amides is 1. The van der Waals surface area contributed by atoms with Crippen LogP contribution < -0.4 is 5.32 Å². The minimum atomic E-state index is -0.783. The van der Waals surface area contributed by atoms with Crippen molar-refractivity contribution in [1.29, 1.82) is 0 Å². The molecule has 1 rings (SSSR count). The average molecular weight is 234 g/mol. The lowest BCUT2D eigenvalue weighted by Crippen LogP contribution is -2.13. The molecule has 0 radical (unpaired) electrons. The summed E-state index contributed by atoms with van der Waals surface area (Å²) >= 11 is 5.50. The molecule has 0 unspecified atom stereocenters. The molecule has 0 spiro atoms. The van der Waals surface area contributed by atoms with Crippen LogP contribution in [0, 0.1) is 5.82 Å². The van der Waals surface area contributed by atoms with E-state index in [4.69, 9.17) is 11.6 Å². The van der Waals surface area contributed by atoms with Gasteiger partial charge < -0.3 is 9.84 Å². The lowest BCUT2D eigenvalue weighted by Gasteiger charge is -2.08. The number of hydrogen-bond acceptors (Lipinski definition) is 3. The Kier molecular flexibility index (Phi) is 3.74. The fraction of sp³-hybridized carbons (Fsp3) is 0.222. The number of rotatable bonds is 2. The normalized spacial score (nSPS) is 9.80. The Morgan fingerprint density at radius 3 is 2.93 bits per heavy atom. The molecule has 0 aliphatic heterocycles. The van der Waals surface area contributed by atoms with Gasteiger partial charge in [-0.2, -0.15) is 0 Å². The van der Waals surface area contributed by atoms with Gasteiger partial charge in [0.2, 0.25) is 0 Å². The Balaban J connectivity index is 2.89. The predicted molar refractivity (Wildman–Crippen MR) is 53.7 cm³/mol. The summed E-state index contributed by atoms with van der Waals surface area (Å²) < 4.78 is 17.4. The van der Waals surface area contributed by atoms with Gasteiger partial charge in [-0.1, -0.05) is 11.6 Å². The highest BCUT2D eigenvalue weighted by Gasteiger charge is 2.11. The Labute approximate surface area is 90.6 Å². The second-order valence-electron chi connectivity index (χ2n) is 2.63. The predicted octanol–water partition coefficient (Wildman–Crippen LogP) is 2.75. The van der Waals surface area contributed by atoms with Gasteiger partial charge in [0.1, 0.15) is 5.82 Å². The summed E-state index contributed by atoms with van der Waals surface area (Å²) in [6, 6.07) is 1.88. The van der Waals surface area contributed by atoms with Gasteiger partial charge in [0.15, 0.2) is 5.75 Å². The van der Waals surface area contributed by atoms with E-state index in [0.717, 1.165) is 12.1 Å². The fourth-order valence-corrected chi connectivity index (χ4v) is 1.14. The van der Waals surface area contributed by atoms with Crippen LogP contribution >= 0.6 is 11.6 Å². The number of carbonyl (C=O) groups excluding carboxylic acids is 1. The molecule has 0 saturated carbocycles. The van der Waals surface area contributed by atoms with E-state index in [1.165, 1.54) is 0 Å². The zero-order valence-electron chi connectivity index (χ0n) is 7.88. The molecule has 4 nitrogen and oxygen atoms in total. The van der Waals surface area contributed by atoms with Crippen LogP contribution in [0.1, 0.15) is 6.92 Å². The first-order valence-corrected chi connectivity index (χ1v) is 4.54. The second-order valence-corrected chi connectivity index (χ2v) is 3.04. The van der Waals surface area contributed by atoms with Gasteiger partial charge in [-0.25, -0.2) is 9.18 Å². The Hall–Kier alpha value is -1.49. The maximum atomic E-state index is 12.9. The molecule has 1 aromatic carbocycles. The Morgan fingerprint density at radius 1 is 1.67 bits per heavy atom. The molecule has 82 valence electrons. The van der Waals surface area contributed by atoms with Gasteiger partial charge in [0.25, 0.3) is 0 Å². The average Bonchev–Trinajstić information content (AvgIpc) is 2.13. The van der Waals surface area contributed by atoms with Crippen molar-refractivity contribution in [2.24, 2.45) is 0 Å². The van der Waals surface area contributed by atoms with Crippen LogP contribution in [0.2, 0.25) is 5.02 Å². The second kappa shape index (κ2) is 4.84. The third-order valence-electron chi connectivity index (χ3n) is 1.54. The van der Waals surface area contributed by atoms with Gasteiger partial charge >= 0.3 is 6.09 Å². The van der Waals surface area contributed by atoms with Crippen LogP contribution in [0.25, 0.3) is 0 Å². The summed E-state index contributed by atoms with van der Waals surface area (Å²) in [7, 11) is 0. The molecule has 1 aromatic rings. The van der Waals surface area contributed by atoms with E-state index in [9.17, 15) is 14.3 Å². The van der Waals surface area contributed by atoms with E-state index in [2.05, 4.69) is 10.1 Å². The zero-order valence-corrected chi connectivity index (χ0v) is 8.64. The third kappa shape index (κ3) is 2.99. The lowest BCUT2D eigenvalue weighted by atomic mass is 10.3. The SMILES string of the molecule is CCOC(=O)Nc1cc(F)cc(Cl)c1O. The van der Waals surface area contributed by atoms with Crippen molar-refractivity contribution in [2.45, 2.75) is 6.92 Å². The molecular weight excluding hydrogens is 225 g/mol. The van der Waals surface area contributed by atoms with Crippen molar-refractivity contribution in [2.75, 3.05) is 11.9 Å². The maximum absolute atomic E-state index is 12.9. The van der Waals surface area contributed by atoms with Gasteiger partial charge in [0, 0.05) is 6.07 Å². The van der Waals surface area contributed by atoms with Crippen LogP contribution in [-0.2, 0) is 4.74 Å². The van der Waals surface area contributed by atoms with Gasteiger partial charge in [0.05, 0.1) is 17.3 Å². The summed E-state index contributed by atoms with van der Waals surface area (Å²) in [5, 5.41) is 11.3. The Bertz CT molecular complexity index is 384. The van der Waals surface area contributed by atoms with Crippen molar-refractivity contribution >= 4 is 23.4 Å². The molecule has 0 atom stereocenters. The maximum Gasteiger partial charge on any atom is 0.411 e. The first-order chi connectivity index (χ1) is 7.04. The van der Waals surface area contributed by atoms with Crippen LogP contribution in [0.5, 0.6) is 5.75 Å². The summed E-state index contributed by atoms with van der Waals surface area (Å²) in [6.07, 6.45) is -0.783. The highest BCUT2D eigenvalue weighted by atomic mass is 35.5. The summed E-state index contributed by atoms with van der Waals surface area (Å²) in [5.41, 5.74) is -0.126. The van der Waals surface area contributed by atoms with Gasteiger partial charge in [-0.3, -0.25) is 5.32 Å². The number of ether oxygens (including phenoxy) is 1. The number of aromatic hydroxyl groups is 1. The number of nitrogens with one attached hydrogen (secondary N) is 1. The summed E-state index contributed by atoms with van der Waals surface area (Å²) in [4.78, 5) is 11.0. The van der Waals surface area contributed by atoms with Crippen LogP contribution in [0.4, 0.5) is 14.9 Å². The number of anilines is 1. The number of halogens is 2. The van der Waals surface area contributed by atoms with E-state index in [1.807, 2.05) is 0 Å². The van der Waals surface area contributed by atoms with Crippen molar-refractivity contribution in [1.82, 2.24) is 0 Å². The molecule has 0 aliphatic carbocycles. The summed E-state index contributed by atoms with van der Waals surface area (Å²) in [6.45, 7) is 1.80. The van der Waals surface area contributed by atoms with E-state index in [0.29, 0.717) is 0 Å². The van der Waals surface area contributed by atoms with E-state index in [-0.39, 0.29) is 17.3 Å². The number of phenols is 1. The molecule has 0 heterocycles. The van der Waals surface area contributed by atoms with Crippen LogP contribution in [-0.4, -0.2) is 17.8 Å². The molecule has 0 bridgehead atoms. The van der Waals surface area contributed by atoms with Crippen molar-refractivity contribution in [3.05, 3.63) is 23.0 Å². The highest BCUT2D eigenvalue weighted by Crippen LogP contribution is 2.32. The Morgan fingerprint density at radius 2 is 2.33 bits per heavy atom. The van der Waals surface area contributed by atoms with E-state index < -0.39 is 17.7 Å². The van der Waals surface area contributed by atoms with Crippen molar-refractivity contribution in [3.63, 3.8) is 0 Å². The zero-order chi connectivity index (χ0) is 11.4. The van der Waals surface area contributed by atoms with Gasteiger partial charge in [-0.15, -0.1) is 0 Å². The fourth-order valence-electron chi connectivity index (χ4n) is 0.938.